The first-order valence-electron chi connectivity index (χ1n) is 7.53. The molecule has 0 saturated heterocycles. The summed E-state index contributed by atoms with van der Waals surface area (Å²) in [5, 5.41) is 0. The molecule has 0 aromatic heterocycles. The van der Waals surface area contributed by atoms with E-state index in [1.165, 1.54) is 0 Å². The van der Waals surface area contributed by atoms with Gasteiger partial charge in [-0.25, -0.2) is 0 Å². The van der Waals surface area contributed by atoms with Crippen LogP contribution in [-0.2, 0) is 0 Å². The van der Waals surface area contributed by atoms with Gasteiger partial charge in [-0.05, 0) is 51.9 Å². The van der Waals surface area contributed by atoms with Crippen LogP contribution in [0.1, 0.15) is 25.7 Å². The summed E-state index contributed by atoms with van der Waals surface area (Å²) < 4.78 is 0. The van der Waals surface area contributed by atoms with E-state index in [0.717, 1.165) is 84.7 Å². The van der Waals surface area contributed by atoms with E-state index in [4.69, 9.17) is 22.9 Å². The van der Waals surface area contributed by atoms with Crippen molar-refractivity contribution in [3.8, 4) is 0 Å². The van der Waals surface area contributed by atoms with Gasteiger partial charge in [-0.1, -0.05) is 0 Å². The van der Waals surface area contributed by atoms with E-state index < -0.39 is 0 Å². The standard InChI is InChI=1S/C13H34N6/c14-5-1-9-18(10-2-6-15)13-19(11-3-7-16)12-4-8-17/h1-17H2. The third kappa shape index (κ3) is 11.3. The van der Waals surface area contributed by atoms with E-state index in [1.54, 1.807) is 0 Å². The average Bonchev–Trinajstić information content (AvgIpc) is 2.44. The van der Waals surface area contributed by atoms with Crippen LogP contribution in [-0.4, -0.2) is 68.8 Å². The molecule has 116 valence electrons. The fraction of sp³-hybridized carbons (Fsp3) is 1.00. The fourth-order valence-corrected chi connectivity index (χ4v) is 2.05. The van der Waals surface area contributed by atoms with Gasteiger partial charge < -0.3 is 22.9 Å². The first-order chi connectivity index (χ1) is 9.28. The number of rotatable bonds is 14. The summed E-state index contributed by atoms with van der Waals surface area (Å²) in [6.45, 7) is 8.10. The van der Waals surface area contributed by atoms with E-state index in [-0.39, 0.29) is 0 Å². The highest BCUT2D eigenvalue weighted by Gasteiger charge is 2.10. The highest BCUT2D eigenvalue weighted by Crippen LogP contribution is 2.00. The number of nitrogens with zero attached hydrogens (tertiary/aromatic N) is 2. The molecular weight excluding hydrogens is 240 g/mol. The number of hydrogen-bond donors (Lipinski definition) is 4. The van der Waals surface area contributed by atoms with Crippen molar-refractivity contribution in [1.82, 2.24) is 9.80 Å². The Morgan fingerprint density at radius 3 is 0.947 bits per heavy atom. The Hall–Kier alpha value is -0.240. The van der Waals surface area contributed by atoms with E-state index >= 15 is 0 Å². The van der Waals surface area contributed by atoms with E-state index in [0.29, 0.717) is 0 Å². The second-order valence-corrected chi connectivity index (χ2v) is 4.95. The van der Waals surface area contributed by atoms with Crippen LogP contribution in [0.4, 0.5) is 0 Å². The van der Waals surface area contributed by atoms with Gasteiger partial charge in [0, 0.05) is 26.2 Å². The number of hydrogen-bond acceptors (Lipinski definition) is 6. The maximum atomic E-state index is 5.60. The molecule has 0 aromatic rings. The molecule has 0 aromatic carbocycles. The quantitative estimate of drug-likeness (QED) is 0.301. The lowest BCUT2D eigenvalue weighted by molar-refractivity contribution is 0.128. The lowest BCUT2D eigenvalue weighted by atomic mass is 10.3. The largest absolute Gasteiger partial charge is 0.330 e. The summed E-state index contributed by atoms with van der Waals surface area (Å²) in [6.07, 6.45) is 4.14. The maximum absolute atomic E-state index is 5.60. The molecule has 0 heterocycles. The maximum Gasteiger partial charge on any atom is 0.0506 e. The van der Waals surface area contributed by atoms with Gasteiger partial charge in [-0.2, -0.15) is 0 Å². The van der Waals surface area contributed by atoms with Gasteiger partial charge in [0.15, 0.2) is 0 Å². The molecule has 0 amide bonds. The van der Waals surface area contributed by atoms with Crippen molar-refractivity contribution in [1.29, 1.82) is 0 Å². The third-order valence-electron chi connectivity index (χ3n) is 3.11. The summed E-state index contributed by atoms with van der Waals surface area (Å²) in [5.41, 5.74) is 22.4. The third-order valence-corrected chi connectivity index (χ3v) is 3.11. The molecule has 0 rings (SSSR count). The fourth-order valence-electron chi connectivity index (χ4n) is 2.05. The van der Waals surface area contributed by atoms with Crippen molar-refractivity contribution < 1.29 is 0 Å². The normalized spacial score (nSPS) is 11.7. The van der Waals surface area contributed by atoms with Crippen LogP contribution in [0.5, 0.6) is 0 Å². The van der Waals surface area contributed by atoms with Gasteiger partial charge in [0.2, 0.25) is 0 Å². The predicted octanol–water partition coefficient (Wildman–Crippen LogP) is -1.06. The van der Waals surface area contributed by atoms with Crippen LogP contribution in [0.2, 0.25) is 0 Å². The predicted molar refractivity (Wildman–Crippen MR) is 82.7 cm³/mol. The van der Waals surface area contributed by atoms with E-state index in [2.05, 4.69) is 9.80 Å². The first kappa shape index (κ1) is 18.8. The van der Waals surface area contributed by atoms with Gasteiger partial charge in [-0.3, -0.25) is 9.80 Å². The lowest BCUT2D eigenvalue weighted by Gasteiger charge is -2.30. The number of nitrogens with two attached hydrogens (primary N) is 4. The Labute approximate surface area is 118 Å². The van der Waals surface area contributed by atoms with Crippen molar-refractivity contribution in [2.24, 2.45) is 22.9 Å². The van der Waals surface area contributed by atoms with Crippen molar-refractivity contribution >= 4 is 0 Å². The van der Waals surface area contributed by atoms with Gasteiger partial charge in [0.25, 0.3) is 0 Å². The molecule has 0 saturated carbocycles. The highest BCUT2D eigenvalue weighted by molar-refractivity contribution is 4.63. The topological polar surface area (TPSA) is 111 Å². The van der Waals surface area contributed by atoms with Crippen LogP contribution in [0.3, 0.4) is 0 Å². The molecule has 0 fully saturated rings. The van der Waals surface area contributed by atoms with Crippen LogP contribution < -0.4 is 22.9 Å². The molecule has 0 bridgehead atoms. The molecule has 0 aliphatic heterocycles. The average molecular weight is 274 g/mol. The van der Waals surface area contributed by atoms with Gasteiger partial charge >= 0.3 is 0 Å². The van der Waals surface area contributed by atoms with Crippen molar-refractivity contribution in [3.05, 3.63) is 0 Å². The summed E-state index contributed by atoms with van der Waals surface area (Å²) in [7, 11) is 0. The SMILES string of the molecule is NCCCN(CCCN)CN(CCCN)CCCN. The lowest BCUT2D eigenvalue weighted by Crippen LogP contribution is -2.41. The molecule has 0 aliphatic carbocycles. The first-order valence-corrected chi connectivity index (χ1v) is 7.53. The Bertz CT molecular complexity index is 145. The Morgan fingerprint density at radius 1 is 0.474 bits per heavy atom. The van der Waals surface area contributed by atoms with Crippen molar-refractivity contribution in [2.75, 3.05) is 59.0 Å². The van der Waals surface area contributed by atoms with Crippen LogP contribution >= 0.6 is 0 Å². The van der Waals surface area contributed by atoms with Gasteiger partial charge in [0.1, 0.15) is 0 Å². The minimum Gasteiger partial charge on any atom is -0.330 e. The summed E-state index contributed by atoms with van der Waals surface area (Å²) in [4.78, 5) is 4.87. The molecule has 0 spiro atoms. The van der Waals surface area contributed by atoms with Gasteiger partial charge in [-0.15, -0.1) is 0 Å². The van der Waals surface area contributed by atoms with Crippen LogP contribution in [0.25, 0.3) is 0 Å². The second-order valence-electron chi connectivity index (χ2n) is 4.95. The molecular formula is C13H34N6. The zero-order valence-corrected chi connectivity index (χ0v) is 12.4. The molecule has 0 aliphatic rings. The Balaban J connectivity index is 4.16. The van der Waals surface area contributed by atoms with Crippen molar-refractivity contribution in [3.63, 3.8) is 0 Å². The molecule has 19 heavy (non-hydrogen) atoms. The van der Waals surface area contributed by atoms with Crippen molar-refractivity contribution in [2.45, 2.75) is 25.7 Å². The zero-order valence-electron chi connectivity index (χ0n) is 12.4. The highest BCUT2D eigenvalue weighted by atomic mass is 15.3. The molecule has 0 atom stereocenters. The minimum atomic E-state index is 0.741. The molecule has 0 radical (unpaired) electrons. The molecule has 0 unspecified atom stereocenters. The molecule has 6 nitrogen and oxygen atoms in total. The Morgan fingerprint density at radius 2 is 0.737 bits per heavy atom. The second kappa shape index (κ2) is 14.2. The molecule has 8 N–H and O–H groups in total. The summed E-state index contributed by atoms with van der Waals surface area (Å²) in [5.74, 6) is 0. The smallest absolute Gasteiger partial charge is 0.0506 e. The van der Waals surface area contributed by atoms with Gasteiger partial charge in [0.05, 0.1) is 6.67 Å². The van der Waals surface area contributed by atoms with Crippen LogP contribution in [0, 0.1) is 0 Å². The van der Waals surface area contributed by atoms with E-state index in [1.807, 2.05) is 0 Å². The minimum absolute atomic E-state index is 0.741. The summed E-state index contributed by atoms with van der Waals surface area (Å²) >= 11 is 0. The monoisotopic (exact) mass is 274 g/mol. The zero-order chi connectivity index (χ0) is 14.3. The Kier molecular flexibility index (Phi) is 14.0. The molecule has 6 heteroatoms. The van der Waals surface area contributed by atoms with Crippen LogP contribution in [0.15, 0.2) is 0 Å². The summed E-state index contributed by atoms with van der Waals surface area (Å²) in [6, 6.07) is 0. The van der Waals surface area contributed by atoms with E-state index in [9.17, 15) is 0 Å².